The fraction of sp³-hybridized carbons (Fsp3) is 0.417. The van der Waals surface area contributed by atoms with E-state index in [-0.39, 0.29) is 46.9 Å². The molecule has 37 heavy (non-hydrogen) atoms. The first kappa shape index (κ1) is 25.8. The molecule has 13 heteroatoms. The molecule has 0 bridgehead atoms. The standard InChI is InChI=1S/C24H27Cl2N7O3S/c1-35-17-7-18(36-2)20(26)21(19(17)25)32-9-13-8-28-23(30-16-6-4-3-5-15(16)27)31-22(13)33(24(32)34)10-14-11-37-12-29-14/h7-8,11-12,15-16H,3-6,9-10,27H2,1-2H3,(H,28,30,31)/t15-,16+/m0/s1. The molecule has 2 atom stereocenters. The summed E-state index contributed by atoms with van der Waals surface area (Å²) in [7, 11) is 2.97. The highest BCUT2D eigenvalue weighted by Gasteiger charge is 2.37. The van der Waals surface area contributed by atoms with Crippen molar-refractivity contribution in [1.82, 2.24) is 15.0 Å². The third kappa shape index (κ3) is 5.00. The van der Waals surface area contributed by atoms with Crippen molar-refractivity contribution >= 4 is 58.0 Å². The van der Waals surface area contributed by atoms with Gasteiger partial charge in [-0.15, -0.1) is 11.3 Å². The van der Waals surface area contributed by atoms with E-state index in [9.17, 15) is 4.79 Å². The zero-order valence-corrected chi connectivity index (χ0v) is 22.7. The average molecular weight is 564 g/mol. The third-order valence-electron chi connectivity index (χ3n) is 6.65. The predicted octanol–water partition coefficient (Wildman–Crippen LogP) is 5.09. The van der Waals surface area contributed by atoms with E-state index in [2.05, 4.69) is 15.3 Å². The van der Waals surface area contributed by atoms with Gasteiger partial charge in [-0.1, -0.05) is 36.0 Å². The number of methoxy groups -OCH3 is 2. The summed E-state index contributed by atoms with van der Waals surface area (Å²) in [6.45, 7) is 0.363. The number of ether oxygens (including phenoxy) is 2. The van der Waals surface area contributed by atoms with E-state index >= 15 is 0 Å². The maximum Gasteiger partial charge on any atom is 0.330 e. The molecular formula is C24H27Cl2N7O3S. The Balaban J connectivity index is 1.56. The summed E-state index contributed by atoms with van der Waals surface area (Å²) in [6.07, 6.45) is 5.84. The first-order valence-corrected chi connectivity index (χ1v) is 13.5. The van der Waals surface area contributed by atoms with Crippen molar-refractivity contribution < 1.29 is 14.3 Å². The van der Waals surface area contributed by atoms with Gasteiger partial charge < -0.3 is 20.5 Å². The van der Waals surface area contributed by atoms with E-state index in [1.54, 1.807) is 22.7 Å². The Bertz CT molecular complexity index is 1270. The van der Waals surface area contributed by atoms with Gasteiger partial charge in [0.15, 0.2) is 0 Å². The molecule has 2 aromatic heterocycles. The second-order valence-corrected chi connectivity index (χ2v) is 10.4. The van der Waals surface area contributed by atoms with Crippen LogP contribution >= 0.6 is 34.5 Å². The molecular weight excluding hydrogens is 537 g/mol. The highest BCUT2D eigenvalue weighted by molar-refractivity contribution is 7.07. The first-order chi connectivity index (χ1) is 17.9. The molecule has 3 aromatic rings. The molecule has 3 N–H and O–H groups in total. The summed E-state index contributed by atoms with van der Waals surface area (Å²) < 4.78 is 10.8. The Morgan fingerprint density at radius 3 is 2.54 bits per heavy atom. The number of hydrogen-bond donors (Lipinski definition) is 2. The van der Waals surface area contributed by atoms with Gasteiger partial charge in [0, 0.05) is 35.3 Å². The smallest absolute Gasteiger partial charge is 0.330 e. The number of rotatable bonds is 7. The van der Waals surface area contributed by atoms with Crippen LogP contribution in [-0.2, 0) is 13.1 Å². The molecule has 196 valence electrons. The summed E-state index contributed by atoms with van der Waals surface area (Å²) in [4.78, 5) is 30.7. The van der Waals surface area contributed by atoms with Crippen molar-refractivity contribution in [3.05, 3.63) is 44.5 Å². The lowest BCUT2D eigenvalue weighted by molar-refractivity contribution is 0.249. The van der Waals surface area contributed by atoms with Crippen LogP contribution in [0.2, 0.25) is 10.0 Å². The topological polar surface area (TPSA) is 119 Å². The number of amides is 2. The largest absolute Gasteiger partial charge is 0.495 e. The molecule has 3 heterocycles. The van der Waals surface area contributed by atoms with Gasteiger partial charge in [-0.05, 0) is 12.8 Å². The fourth-order valence-corrected chi connectivity index (χ4v) is 5.95. The number of hydrogen-bond acceptors (Lipinski definition) is 9. The van der Waals surface area contributed by atoms with Gasteiger partial charge in [0.25, 0.3) is 0 Å². The Morgan fingerprint density at radius 2 is 1.89 bits per heavy atom. The number of benzene rings is 1. The Kier molecular flexibility index (Phi) is 7.57. The number of nitrogens with zero attached hydrogens (tertiary/aromatic N) is 5. The molecule has 10 nitrogen and oxygen atoms in total. The molecule has 0 unspecified atom stereocenters. The predicted molar refractivity (Wildman–Crippen MR) is 145 cm³/mol. The van der Waals surface area contributed by atoms with Crippen molar-refractivity contribution in [2.75, 3.05) is 29.3 Å². The Hall–Kier alpha value is -2.86. The van der Waals surface area contributed by atoms with Crippen LogP contribution in [0.5, 0.6) is 11.5 Å². The summed E-state index contributed by atoms with van der Waals surface area (Å²) in [6, 6.07) is 1.33. The highest BCUT2D eigenvalue weighted by atomic mass is 35.5. The SMILES string of the molecule is COc1cc(OC)c(Cl)c(N2Cc3cnc(N[C@@H]4CCCC[C@@H]4N)nc3N(Cc3cscn3)C2=O)c1Cl. The second-order valence-electron chi connectivity index (χ2n) is 8.93. The van der Waals surface area contributed by atoms with Gasteiger partial charge in [-0.3, -0.25) is 9.80 Å². The van der Waals surface area contributed by atoms with E-state index in [1.165, 1.54) is 30.5 Å². The number of nitrogens with one attached hydrogen (secondary N) is 1. The van der Waals surface area contributed by atoms with Crippen molar-refractivity contribution in [2.45, 2.75) is 50.9 Å². The fourth-order valence-electron chi connectivity index (χ4n) is 4.70. The van der Waals surface area contributed by atoms with Gasteiger partial charge in [-0.2, -0.15) is 4.98 Å². The molecule has 2 aliphatic rings. The average Bonchev–Trinajstić information content (AvgIpc) is 3.41. The van der Waals surface area contributed by atoms with Gasteiger partial charge in [-0.25, -0.2) is 14.8 Å². The van der Waals surface area contributed by atoms with E-state index in [4.69, 9.17) is 43.4 Å². The minimum Gasteiger partial charge on any atom is -0.495 e. The van der Waals surface area contributed by atoms with Crippen LogP contribution < -0.4 is 30.3 Å². The quantitative estimate of drug-likeness (QED) is 0.408. The number of aromatic nitrogens is 3. The number of carbonyl (C=O) groups is 1. The molecule has 1 aliphatic carbocycles. The van der Waals surface area contributed by atoms with Gasteiger partial charge in [0.05, 0.1) is 44.2 Å². The lowest BCUT2D eigenvalue weighted by atomic mass is 9.91. The normalized spacial score (nSPS) is 19.5. The van der Waals surface area contributed by atoms with Crippen molar-refractivity contribution in [2.24, 2.45) is 5.73 Å². The first-order valence-electron chi connectivity index (χ1n) is 11.8. The van der Waals surface area contributed by atoms with Crippen LogP contribution in [-0.4, -0.2) is 47.3 Å². The molecule has 0 radical (unpaired) electrons. The Labute approximate surface area is 228 Å². The van der Waals surface area contributed by atoms with E-state index in [0.717, 1.165) is 36.9 Å². The maximum atomic E-state index is 14.0. The molecule has 1 fully saturated rings. The summed E-state index contributed by atoms with van der Waals surface area (Å²) in [5, 5.41) is 5.67. The molecule has 2 amide bonds. The molecule has 1 saturated carbocycles. The molecule has 0 saturated heterocycles. The monoisotopic (exact) mass is 563 g/mol. The molecule has 0 spiro atoms. The van der Waals surface area contributed by atoms with E-state index in [0.29, 0.717) is 23.3 Å². The lowest BCUT2D eigenvalue weighted by Crippen LogP contribution is -2.48. The van der Waals surface area contributed by atoms with Gasteiger partial charge in [0.1, 0.15) is 27.4 Å². The number of urea groups is 1. The minimum absolute atomic E-state index is 0.0314. The van der Waals surface area contributed by atoms with Crippen LogP contribution in [0.1, 0.15) is 36.9 Å². The number of halogens is 2. The molecule has 1 aliphatic heterocycles. The summed E-state index contributed by atoms with van der Waals surface area (Å²) in [5.74, 6) is 1.60. The van der Waals surface area contributed by atoms with E-state index < -0.39 is 0 Å². The van der Waals surface area contributed by atoms with Crippen LogP contribution in [0.15, 0.2) is 23.2 Å². The molecule has 1 aromatic carbocycles. The van der Waals surface area contributed by atoms with Crippen LogP contribution in [0.3, 0.4) is 0 Å². The minimum atomic E-state index is -0.362. The van der Waals surface area contributed by atoms with Gasteiger partial charge >= 0.3 is 6.03 Å². The van der Waals surface area contributed by atoms with Crippen molar-refractivity contribution in [3.63, 3.8) is 0 Å². The zero-order valence-electron chi connectivity index (χ0n) is 20.4. The van der Waals surface area contributed by atoms with Gasteiger partial charge in [0.2, 0.25) is 5.95 Å². The number of nitrogens with two attached hydrogens (primary N) is 1. The lowest BCUT2D eigenvalue weighted by Gasteiger charge is -2.37. The highest BCUT2D eigenvalue weighted by Crippen LogP contribution is 2.48. The van der Waals surface area contributed by atoms with Crippen molar-refractivity contribution in [3.8, 4) is 11.5 Å². The maximum absolute atomic E-state index is 14.0. The summed E-state index contributed by atoms with van der Waals surface area (Å²) >= 11 is 14.8. The van der Waals surface area contributed by atoms with Crippen LogP contribution in [0, 0.1) is 0 Å². The number of thiazole rings is 1. The van der Waals surface area contributed by atoms with E-state index in [1.807, 2.05) is 5.38 Å². The summed E-state index contributed by atoms with van der Waals surface area (Å²) in [5.41, 5.74) is 9.78. The number of fused-ring (bicyclic) bond motifs is 1. The number of carbonyl (C=O) groups excluding carboxylic acids is 1. The second kappa shape index (κ2) is 10.9. The zero-order chi connectivity index (χ0) is 26.1. The third-order valence-corrected chi connectivity index (χ3v) is 8.01. The van der Waals surface area contributed by atoms with Crippen LogP contribution in [0.25, 0.3) is 0 Å². The van der Waals surface area contributed by atoms with Crippen LogP contribution in [0.4, 0.5) is 22.2 Å². The number of anilines is 3. The Morgan fingerprint density at radius 1 is 1.16 bits per heavy atom. The molecule has 5 rings (SSSR count). The van der Waals surface area contributed by atoms with Crippen molar-refractivity contribution in [1.29, 1.82) is 0 Å².